The van der Waals surface area contributed by atoms with E-state index in [2.05, 4.69) is 25.7 Å². The van der Waals surface area contributed by atoms with Gasteiger partial charge in [-0.1, -0.05) is 11.6 Å². The lowest BCUT2D eigenvalue weighted by molar-refractivity contribution is 0.102. The molecule has 2 aromatic rings. The van der Waals surface area contributed by atoms with Gasteiger partial charge in [0.15, 0.2) is 5.69 Å². The second-order valence-corrected chi connectivity index (χ2v) is 3.06. The number of H-pyrrole nitrogens is 1. The van der Waals surface area contributed by atoms with Crippen molar-refractivity contribution in [1.29, 1.82) is 0 Å². The first kappa shape index (κ1) is 9.60. The fourth-order valence-corrected chi connectivity index (χ4v) is 1.16. The van der Waals surface area contributed by atoms with E-state index < -0.39 is 0 Å². The van der Waals surface area contributed by atoms with Gasteiger partial charge >= 0.3 is 0 Å². The minimum Gasteiger partial charge on any atom is -0.320 e. The molecular weight excluding hydrogens is 218 g/mol. The molecule has 0 saturated heterocycles. The predicted octanol–water partition coefficient (Wildman–Crippen LogP) is 1.11. The van der Waals surface area contributed by atoms with Crippen molar-refractivity contribution >= 4 is 23.2 Å². The van der Waals surface area contributed by atoms with E-state index in [0.29, 0.717) is 10.8 Å². The number of carbonyl (C=O) groups is 1. The predicted molar refractivity (Wildman–Crippen MR) is 53.6 cm³/mol. The largest absolute Gasteiger partial charge is 0.320 e. The Morgan fingerprint density at radius 1 is 1.53 bits per heavy atom. The summed E-state index contributed by atoms with van der Waals surface area (Å²) in [5.41, 5.74) is 0.769. The van der Waals surface area contributed by atoms with Crippen molar-refractivity contribution in [2.75, 3.05) is 5.32 Å². The fraction of sp³-hybridized carbons (Fsp3) is 0. The highest BCUT2D eigenvalue weighted by atomic mass is 35.5. The first-order valence-electron chi connectivity index (χ1n) is 4.04. The third-order valence-electron chi connectivity index (χ3n) is 1.63. The molecule has 0 aliphatic rings. The molecule has 0 aliphatic heterocycles. The Morgan fingerprint density at radius 2 is 2.40 bits per heavy atom. The molecule has 0 aliphatic carbocycles. The molecule has 0 saturated carbocycles. The lowest BCUT2D eigenvalue weighted by atomic mass is 10.3. The Balaban J connectivity index is 2.13. The van der Waals surface area contributed by atoms with Crippen LogP contribution in [0.3, 0.4) is 0 Å². The van der Waals surface area contributed by atoms with E-state index in [1.807, 2.05) is 0 Å². The van der Waals surface area contributed by atoms with Gasteiger partial charge in [-0.25, -0.2) is 4.98 Å². The number of hydrogen-bond acceptors (Lipinski definition) is 4. The molecule has 6 nitrogen and oxygen atoms in total. The van der Waals surface area contributed by atoms with Gasteiger partial charge in [0.05, 0.1) is 6.20 Å². The van der Waals surface area contributed by atoms with Gasteiger partial charge in [-0.3, -0.25) is 4.79 Å². The molecule has 7 heteroatoms. The first-order valence-corrected chi connectivity index (χ1v) is 4.42. The van der Waals surface area contributed by atoms with Crippen LogP contribution in [0.15, 0.2) is 24.5 Å². The molecule has 2 heterocycles. The van der Waals surface area contributed by atoms with Crippen LogP contribution in [-0.2, 0) is 0 Å². The minimum atomic E-state index is -0.356. The summed E-state index contributed by atoms with van der Waals surface area (Å²) in [5.74, 6) is -0.356. The Bertz CT molecular complexity index is 470. The zero-order valence-electron chi connectivity index (χ0n) is 7.44. The smallest absolute Gasteiger partial charge is 0.277 e. The van der Waals surface area contributed by atoms with E-state index in [1.165, 1.54) is 12.4 Å². The standard InChI is InChI=1S/C8H6ClN5O/c9-7-3-5(1-2-10-7)12-8(15)6-4-11-14-13-6/h1-4H,(H,10,12,15)(H,11,13,14). The lowest BCUT2D eigenvalue weighted by Gasteiger charge is -2.01. The average Bonchev–Trinajstić information content (AvgIpc) is 2.70. The van der Waals surface area contributed by atoms with Crippen molar-refractivity contribution in [3.8, 4) is 0 Å². The minimum absolute atomic E-state index is 0.211. The summed E-state index contributed by atoms with van der Waals surface area (Å²) < 4.78 is 0. The summed E-state index contributed by atoms with van der Waals surface area (Å²) in [4.78, 5) is 15.3. The number of nitrogens with one attached hydrogen (secondary N) is 2. The third kappa shape index (κ3) is 2.29. The summed E-state index contributed by atoms with van der Waals surface area (Å²) in [6.45, 7) is 0. The molecule has 0 fully saturated rings. The SMILES string of the molecule is O=C(Nc1ccnc(Cl)c1)c1cn[nH]n1. The molecule has 0 unspecified atom stereocenters. The maximum Gasteiger partial charge on any atom is 0.277 e. The molecule has 0 bridgehead atoms. The molecule has 2 rings (SSSR count). The molecule has 0 atom stereocenters. The van der Waals surface area contributed by atoms with E-state index in [9.17, 15) is 4.79 Å². The Hall–Kier alpha value is -1.95. The Morgan fingerprint density at radius 3 is 3.07 bits per heavy atom. The van der Waals surface area contributed by atoms with Gasteiger partial charge in [-0.05, 0) is 12.1 Å². The summed E-state index contributed by atoms with van der Waals surface area (Å²) in [5, 5.41) is 12.4. The van der Waals surface area contributed by atoms with Gasteiger partial charge in [0.2, 0.25) is 0 Å². The number of aromatic amines is 1. The van der Waals surface area contributed by atoms with Crippen LogP contribution in [-0.4, -0.2) is 26.3 Å². The van der Waals surface area contributed by atoms with E-state index in [4.69, 9.17) is 11.6 Å². The second kappa shape index (κ2) is 4.05. The molecule has 2 N–H and O–H groups in total. The van der Waals surface area contributed by atoms with Gasteiger partial charge in [0.25, 0.3) is 5.91 Å². The number of anilines is 1. The van der Waals surface area contributed by atoms with E-state index in [-0.39, 0.29) is 11.6 Å². The quantitative estimate of drug-likeness (QED) is 0.747. The summed E-state index contributed by atoms with van der Waals surface area (Å²) in [6, 6.07) is 3.17. The number of pyridine rings is 1. The second-order valence-electron chi connectivity index (χ2n) is 2.68. The summed E-state index contributed by atoms with van der Waals surface area (Å²) in [6.07, 6.45) is 2.83. The highest BCUT2D eigenvalue weighted by Crippen LogP contribution is 2.12. The maximum atomic E-state index is 11.5. The highest BCUT2D eigenvalue weighted by molar-refractivity contribution is 6.29. The normalized spacial score (nSPS) is 9.93. The van der Waals surface area contributed by atoms with Crippen LogP contribution in [0.2, 0.25) is 5.15 Å². The van der Waals surface area contributed by atoms with Crippen LogP contribution >= 0.6 is 11.6 Å². The highest BCUT2D eigenvalue weighted by Gasteiger charge is 2.08. The topological polar surface area (TPSA) is 83.6 Å². The van der Waals surface area contributed by atoms with Crippen molar-refractivity contribution in [2.45, 2.75) is 0 Å². The van der Waals surface area contributed by atoms with Gasteiger partial charge in [0.1, 0.15) is 5.15 Å². The van der Waals surface area contributed by atoms with E-state index >= 15 is 0 Å². The van der Waals surface area contributed by atoms with Crippen LogP contribution in [0.4, 0.5) is 5.69 Å². The molecule has 0 spiro atoms. The molecule has 15 heavy (non-hydrogen) atoms. The number of rotatable bonds is 2. The molecular formula is C8H6ClN5O. The molecule has 0 aromatic carbocycles. The van der Waals surface area contributed by atoms with Gasteiger partial charge < -0.3 is 5.32 Å². The number of carbonyl (C=O) groups excluding carboxylic acids is 1. The third-order valence-corrected chi connectivity index (χ3v) is 1.84. The maximum absolute atomic E-state index is 11.5. The van der Waals surface area contributed by atoms with Crippen LogP contribution < -0.4 is 5.32 Å². The monoisotopic (exact) mass is 223 g/mol. The van der Waals surface area contributed by atoms with Crippen molar-refractivity contribution in [3.63, 3.8) is 0 Å². The van der Waals surface area contributed by atoms with Crippen molar-refractivity contribution in [2.24, 2.45) is 0 Å². The summed E-state index contributed by atoms with van der Waals surface area (Å²) in [7, 11) is 0. The number of amides is 1. The number of aromatic nitrogens is 4. The van der Waals surface area contributed by atoms with Crippen LogP contribution in [0.5, 0.6) is 0 Å². The fourth-order valence-electron chi connectivity index (χ4n) is 0.986. The molecule has 2 aromatic heterocycles. The zero-order valence-corrected chi connectivity index (χ0v) is 8.19. The van der Waals surface area contributed by atoms with E-state index in [0.717, 1.165) is 0 Å². The zero-order chi connectivity index (χ0) is 10.7. The molecule has 76 valence electrons. The van der Waals surface area contributed by atoms with Crippen LogP contribution in [0.1, 0.15) is 10.5 Å². The van der Waals surface area contributed by atoms with Crippen molar-refractivity contribution in [3.05, 3.63) is 35.4 Å². The number of hydrogen-bond donors (Lipinski definition) is 2. The number of halogens is 1. The number of nitrogens with zero attached hydrogens (tertiary/aromatic N) is 3. The van der Waals surface area contributed by atoms with Gasteiger partial charge in [-0.15, -0.1) is 0 Å². The van der Waals surface area contributed by atoms with Crippen molar-refractivity contribution in [1.82, 2.24) is 20.4 Å². The Kier molecular flexibility index (Phi) is 2.59. The average molecular weight is 224 g/mol. The van der Waals surface area contributed by atoms with Gasteiger partial charge in [-0.2, -0.15) is 15.4 Å². The first-order chi connectivity index (χ1) is 7.25. The lowest BCUT2D eigenvalue weighted by Crippen LogP contribution is -2.12. The summed E-state index contributed by atoms with van der Waals surface area (Å²) >= 11 is 5.66. The van der Waals surface area contributed by atoms with Crippen molar-refractivity contribution < 1.29 is 4.79 Å². The van der Waals surface area contributed by atoms with Crippen LogP contribution in [0.25, 0.3) is 0 Å². The van der Waals surface area contributed by atoms with Gasteiger partial charge in [0, 0.05) is 11.9 Å². The Labute approximate surface area is 89.7 Å². The van der Waals surface area contributed by atoms with Crippen LogP contribution in [0, 0.1) is 0 Å². The van der Waals surface area contributed by atoms with E-state index in [1.54, 1.807) is 12.1 Å². The molecule has 1 amide bonds. The molecule has 0 radical (unpaired) electrons.